The van der Waals surface area contributed by atoms with Crippen LogP contribution in [-0.4, -0.2) is 11.8 Å². The number of hydrogen-bond donors (Lipinski definition) is 1. The fourth-order valence-electron chi connectivity index (χ4n) is 1.38. The summed E-state index contributed by atoms with van der Waals surface area (Å²) < 4.78 is 12.7. The summed E-state index contributed by atoms with van der Waals surface area (Å²) >= 11 is 5.49. The second-order valence-electron chi connectivity index (χ2n) is 3.63. The third-order valence-corrected chi connectivity index (χ3v) is 2.55. The zero-order valence-corrected chi connectivity index (χ0v) is 9.93. The predicted molar refractivity (Wildman–Crippen MR) is 62.9 cm³/mol. The van der Waals surface area contributed by atoms with E-state index in [0.29, 0.717) is 18.7 Å². The zero-order valence-electron chi connectivity index (χ0n) is 9.17. The molecule has 16 heavy (non-hydrogen) atoms. The maximum Gasteiger partial charge on any atom is 0.220 e. The van der Waals surface area contributed by atoms with E-state index in [1.54, 1.807) is 12.1 Å². The van der Waals surface area contributed by atoms with Crippen molar-refractivity contribution >= 4 is 17.5 Å². The number of amides is 1. The minimum atomic E-state index is -0.274. The van der Waals surface area contributed by atoms with E-state index < -0.39 is 0 Å². The van der Waals surface area contributed by atoms with Crippen molar-refractivity contribution in [3.05, 3.63) is 35.6 Å². The number of carbonyl (C=O) groups excluding carboxylic acids is 1. The number of benzene rings is 1. The van der Waals surface area contributed by atoms with Gasteiger partial charge in [0.2, 0.25) is 5.91 Å². The van der Waals surface area contributed by atoms with Crippen LogP contribution < -0.4 is 5.32 Å². The largest absolute Gasteiger partial charge is 0.350 e. The fourth-order valence-corrected chi connectivity index (χ4v) is 1.51. The van der Waals surface area contributed by atoms with Crippen LogP contribution in [0, 0.1) is 5.82 Å². The van der Waals surface area contributed by atoms with Gasteiger partial charge in [-0.2, -0.15) is 0 Å². The summed E-state index contributed by atoms with van der Waals surface area (Å²) in [5.74, 6) is 0.181. The lowest BCUT2D eigenvalue weighted by Gasteiger charge is -2.14. The molecule has 0 aliphatic heterocycles. The lowest BCUT2D eigenvalue weighted by molar-refractivity contribution is -0.121. The molecule has 1 atom stereocenters. The molecular weight excluding hydrogens is 229 g/mol. The first-order valence-corrected chi connectivity index (χ1v) is 5.77. The Morgan fingerprint density at radius 2 is 2.06 bits per heavy atom. The molecule has 1 amide bonds. The molecule has 1 aromatic rings. The molecule has 0 unspecified atom stereocenters. The van der Waals surface area contributed by atoms with Gasteiger partial charge in [0.1, 0.15) is 5.82 Å². The summed E-state index contributed by atoms with van der Waals surface area (Å²) in [6.45, 7) is 1.87. The molecule has 0 saturated heterocycles. The monoisotopic (exact) mass is 243 g/mol. The van der Waals surface area contributed by atoms with Crippen molar-refractivity contribution < 1.29 is 9.18 Å². The van der Waals surface area contributed by atoms with E-state index in [1.165, 1.54) is 12.1 Å². The molecule has 2 nitrogen and oxygen atoms in total. The molecule has 0 aliphatic rings. The summed E-state index contributed by atoms with van der Waals surface area (Å²) in [5, 5.41) is 2.83. The van der Waals surface area contributed by atoms with E-state index in [0.717, 1.165) is 5.56 Å². The molecule has 0 aromatic heterocycles. The van der Waals surface area contributed by atoms with Crippen LogP contribution in [0.15, 0.2) is 24.3 Å². The summed E-state index contributed by atoms with van der Waals surface area (Å²) in [6.07, 6.45) is 1.10. The van der Waals surface area contributed by atoms with Crippen LogP contribution in [0.25, 0.3) is 0 Å². The van der Waals surface area contributed by atoms with Crippen molar-refractivity contribution in [2.24, 2.45) is 0 Å². The molecular formula is C12H15ClFNO. The number of hydrogen-bond acceptors (Lipinski definition) is 1. The molecule has 1 N–H and O–H groups in total. The van der Waals surface area contributed by atoms with Crippen LogP contribution in [-0.2, 0) is 4.79 Å². The number of alkyl halides is 1. The van der Waals surface area contributed by atoms with Gasteiger partial charge < -0.3 is 5.32 Å². The van der Waals surface area contributed by atoms with Gasteiger partial charge in [-0.3, -0.25) is 4.79 Å². The van der Waals surface area contributed by atoms with Crippen molar-refractivity contribution in [3.8, 4) is 0 Å². The van der Waals surface area contributed by atoms with E-state index in [9.17, 15) is 9.18 Å². The molecule has 4 heteroatoms. The van der Waals surface area contributed by atoms with Gasteiger partial charge in [0.15, 0.2) is 0 Å². The van der Waals surface area contributed by atoms with Gasteiger partial charge in [0.05, 0.1) is 6.04 Å². The molecule has 0 saturated carbocycles. The first-order chi connectivity index (χ1) is 7.63. The Labute approximate surface area is 99.8 Å². The molecule has 1 rings (SSSR count). The van der Waals surface area contributed by atoms with Gasteiger partial charge in [-0.05, 0) is 31.0 Å². The lowest BCUT2D eigenvalue weighted by atomic mass is 10.1. The Hall–Kier alpha value is -1.09. The van der Waals surface area contributed by atoms with E-state index >= 15 is 0 Å². The average Bonchev–Trinajstić information content (AvgIpc) is 2.27. The molecule has 88 valence electrons. The molecule has 0 heterocycles. The molecule has 0 spiro atoms. The number of nitrogens with one attached hydrogen (secondary N) is 1. The smallest absolute Gasteiger partial charge is 0.220 e. The Balaban J connectivity index is 2.48. The quantitative estimate of drug-likeness (QED) is 0.792. The summed E-state index contributed by atoms with van der Waals surface area (Å²) in [6, 6.07) is 6.00. The van der Waals surface area contributed by atoms with Crippen LogP contribution in [0.5, 0.6) is 0 Å². The second kappa shape index (κ2) is 6.48. The fraction of sp³-hybridized carbons (Fsp3) is 0.417. The lowest BCUT2D eigenvalue weighted by Crippen LogP contribution is -2.26. The second-order valence-corrected chi connectivity index (χ2v) is 4.01. The van der Waals surface area contributed by atoms with Gasteiger partial charge in [-0.25, -0.2) is 4.39 Å². The summed E-state index contributed by atoms with van der Waals surface area (Å²) in [5.41, 5.74) is 0.889. The SMILES string of the molecule is C[C@@H](NC(=O)CCCCl)c1ccc(F)cc1. The Bertz CT molecular complexity index is 339. The maximum absolute atomic E-state index is 12.7. The highest BCUT2D eigenvalue weighted by Crippen LogP contribution is 2.12. The van der Waals surface area contributed by atoms with Gasteiger partial charge >= 0.3 is 0 Å². The predicted octanol–water partition coefficient (Wildman–Crippen LogP) is 3.02. The summed E-state index contributed by atoms with van der Waals surface area (Å²) in [7, 11) is 0. The Morgan fingerprint density at radius 1 is 1.44 bits per heavy atom. The van der Waals surface area contributed by atoms with Gasteiger partial charge in [0.25, 0.3) is 0 Å². The maximum atomic E-state index is 12.7. The minimum Gasteiger partial charge on any atom is -0.350 e. The van der Waals surface area contributed by atoms with Gasteiger partial charge in [-0.1, -0.05) is 12.1 Å². The first kappa shape index (κ1) is 13.0. The van der Waals surface area contributed by atoms with E-state index in [4.69, 9.17) is 11.6 Å². The molecule has 0 aliphatic carbocycles. The standard InChI is InChI=1S/C12H15ClFNO/c1-9(15-12(16)3-2-8-13)10-4-6-11(14)7-5-10/h4-7,9H,2-3,8H2,1H3,(H,15,16)/t9-/m1/s1. The first-order valence-electron chi connectivity index (χ1n) is 5.24. The average molecular weight is 244 g/mol. The number of carbonyl (C=O) groups is 1. The highest BCUT2D eigenvalue weighted by molar-refractivity contribution is 6.17. The van der Waals surface area contributed by atoms with Crippen molar-refractivity contribution in [3.63, 3.8) is 0 Å². The normalized spacial score (nSPS) is 12.2. The van der Waals surface area contributed by atoms with E-state index in [2.05, 4.69) is 5.32 Å². The zero-order chi connectivity index (χ0) is 12.0. The number of halogens is 2. The van der Waals surface area contributed by atoms with E-state index in [1.807, 2.05) is 6.92 Å². The van der Waals surface area contributed by atoms with Crippen molar-refractivity contribution in [1.29, 1.82) is 0 Å². The minimum absolute atomic E-state index is 0.0301. The Morgan fingerprint density at radius 3 is 2.62 bits per heavy atom. The molecule has 1 aromatic carbocycles. The highest BCUT2D eigenvalue weighted by Gasteiger charge is 2.08. The van der Waals surface area contributed by atoms with Gasteiger partial charge in [0, 0.05) is 12.3 Å². The van der Waals surface area contributed by atoms with Crippen LogP contribution in [0.3, 0.4) is 0 Å². The van der Waals surface area contributed by atoms with Crippen LogP contribution in [0.1, 0.15) is 31.4 Å². The van der Waals surface area contributed by atoms with Crippen LogP contribution in [0.2, 0.25) is 0 Å². The van der Waals surface area contributed by atoms with Crippen molar-refractivity contribution in [1.82, 2.24) is 5.32 Å². The third-order valence-electron chi connectivity index (χ3n) is 2.28. The topological polar surface area (TPSA) is 29.1 Å². The van der Waals surface area contributed by atoms with Crippen LogP contribution in [0.4, 0.5) is 4.39 Å². The Kier molecular flexibility index (Phi) is 5.26. The summed E-state index contributed by atoms with van der Waals surface area (Å²) in [4.78, 5) is 11.4. The van der Waals surface area contributed by atoms with Crippen LogP contribution >= 0.6 is 11.6 Å². The molecule has 0 bridgehead atoms. The van der Waals surface area contributed by atoms with Gasteiger partial charge in [-0.15, -0.1) is 11.6 Å². The van der Waals surface area contributed by atoms with E-state index in [-0.39, 0.29) is 17.8 Å². The van der Waals surface area contributed by atoms with Crippen molar-refractivity contribution in [2.75, 3.05) is 5.88 Å². The highest BCUT2D eigenvalue weighted by atomic mass is 35.5. The third kappa shape index (κ3) is 4.19. The molecule has 0 radical (unpaired) electrons. The number of rotatable bonds is 5. The van der Waals surface area contributed by atoms with Crippen molar-refractivity contribution in [2.45, 2.75) is 25.8 Å². The molecule has 0 fully saturated rings.